The highest BCUT2D eigenvalue weighted by Crippen LogP contribution is 2.34. The van der Waals surface area contributed by atoms with Crippen LogP contribution in [0.1, 0.15) is 36.3 Å². The number of carbonyl (C=O) groups excluding carboxylic acids is 1. The van der Waals surface area contributed by atoms with Crippen LogP contribution < -0.4 is 0 Å². The van der Waals surface area contributed by atoms with Crippen LogP contribution in [0.15, 0.2) is 36.5 Å². The summed E-state index contributed by atoms with van der Waals surface area (Å²) in [6.45, 7) is 4.22. The quantitative estimate of drug-likeness (QED) is 0.782. The van der Waals surface area contributed by atoms with Gasteiger partial charge in [-0.2, -0.15) is 0 Å². The summed E-state index contributed by atoms with van der Waals surface area (Å²) in [6.07, 6.45) is 3.09. The lowest BCUT2D eigenvalue weighted by atomic mass is 9.76. The molecule has 0 aliphatic heterocycles. The second kappa shape index (κ2) is 4.26. The highest BCUT2D eigenvalue weighted by atomic mass is 16.1. The minimum absolute atomic E-state index is 0.00755. The number of benzene rings is 1. The van der Waals surface area contributed by atoms with E-state index in [0.29, 0.717) is 17.8 Å². The predicted molar refractivity (Wildman–Crippen MR) is 73.9 cm³/mol. The van der Waals surface area contributed by atoms with Crippen molar-refractivity contribution in [2.45, 2.75) is 26.7 Å². The Hall–Kier alpha value is -2.03. The summed E-state index contributed by atoms with van der Waals surface area (Å²) in [4.78, 5) is 21.0. The van der Waals surface area contributed by atoms with Crippen LogP contribution in [-0.2, 0) is 6.42 Å². The van der Waals surface area contributed by atoms with Gasteiger partial charge in [0.1, 0.15) is 0 Å². The van der Waals surface area contributed by atoms with Gasteiger partial charge >= 0.3 is 0 Å². The largest absolute Gasteiger partial charge is 0.294 e. The van der Waals surface area contributed by atoms with Gasteiger partial charge in [0, 0.05) is 18.2 Å². The van der Waals surface area contributed by atoms with Crippen LogP contribution in [0.3, 0.4) is 0 Å². The number of Topliss-reactive ketones (excluding diaryl/α,β-unsaturated/α-hetero) is 1. The zero-order chi connectivity index (χ0) is 13.5. The summed E-state index contributed by atoms with van der Waals surface area (Å²) >= 11 is 0. The topological polar surface area (TPSA) is 42.9 Å². The predicted octanol–water partition coefficient (Wildman–Crippen LogP) is 3.30. The molecule has 0 saturated heterocycles. The number of hydrogen-bond acceptors (Lipinski definition) is 3. The maximum absolute atomic E-state index is 12.1. The van der Waals surface area contributed by atoms with E-state index in [1.807, 2.05) is 30.3 Å². The molecular weight excluding hydrogens is 236 g/mol. The average Bonchev–Trinajstić information content (AvgIpc) is 2.37. The molecule has 0 fully saturated rings. The van der Waals surface area contributed by atoms with Crippen molar-refractivity contribution in [3.8, 4) is 11.4 Å². The molecule has 0 atom stereocenters. The van der Waals surface area contributed by atoms with Gasteiger partial charge in [-0.15, -0.1) is 0 Å². The van der Waals surface area contributed by atoms with Crippen molar-refractivity contribution in [1.29, 1.82) is 0 Å². The fourth-order valence-corrected chi connectivity index (χ4v) is 2.56. The number of fused-ring (bicyclic) bond motifs is 1. The highest BCUT2D eigenvalue weighted by Gasteiger charge is 2.32. The van der Waals surface area contributed by atoms with Gasteiger partial charge in [0.05, 0.1) is 11.3 Å². The Balaban J connectivity index is 2.07. The summed E-state index contributed by atoms with van der Waals surface area (Å²) in [6, 6.07) is 9.87. The van der Waals surface area contributed by atoms with Gasteiger partial charge in [-0.05, 0) is 11.8 Å². The summed E-state index contributed by atoms with van der Waals surface area (Å²) < 4.78 is 0. The summed E-state index contributed by atoms with van der Waals surface area (Å²) in [5.41, 5.74) is 2.56. The standard InChI is InChI=1S/C16H16N2O/c1-16(2)8-13-12(14(19)9-16)10-17-15(18-13)11-6-4-3-5-7-11/h3-7,10H,8-9H2,1-2H3. The van der Waals surface area contributed by atoms with Crippen LogP contribution in [0.2, 0.25) is 0 Å². The summed E-state index contributed by atoms with van der Waals surface area (Å²) in [7, 11) is 0. The molecule has 19 heavy (non-hydrogen) atoms. The van der Waals surface area contributed by atoms with E-state index < -0.39 is 0 Å². The molecule has 0 amide bonds. The van der Waals surface area contributed by atoms with Crippen LogP contribution in [0.5, 0.6) is 0 Å². The maximum Gasteiger partial charge on any atom is 0.166 e. The van der Waals surface area contributed by atoms with Crippen molar-refractivity contribution >= 4 is 5.78 Å². The van der Waals surface area contributed by atoms with Crippen LogP contribution in [0.25, 0.3) is 11.4 Å². The molecule has 0 unspecified atom stereocenters. The van der Waals surface area contributed by atoms with Gasteiger partial charge in [-0.25, -0.2) is 9.97 Å². The van der Waals surface area contributed by atoms with Crippen molar-refractivity contribution in [3.63, 3.8) is 0 Å². The second-order valence-corrected chi connectivity index (χ2v) is 5.86. The van der Waals surface area contributed by atoms with E-state index in [2.05, 4.69) is 23.8 Å². The second-order valence-electron chi connectivity index (χ2n) is 5.86. The third-order valence-corrected chi connectivity index (χ3v) is 3.49. The fourth-order valence-electron chi connectivity index (χ4n) is 2.56. The van der Waals surface area contributed by atoms with Gasteiger partial charge in [0.25, 0.3) is 0 Å². The number of rotatable bonds is 1. The zero-order valence-corrected chi connectivity index (χ0v) is 11.2. The Morgan fingerprint density at radius 3 is 2.58 bits per heavy atom. The first-order valence-electron chi connectivity index (χ1n) is 6.50. The smallest absolute Gasteiger partial charge is 0.166 e. The maximum atomic E-state index is 12.1. The first-order chi connectivity index (χ1) is 9.05. The molecule has 0 saturated carbocycles. The molecule has 1 aliphatic rings. The SMILES string of the molecule is CC1(C)CC(=O)c2cnc(-c3ccccc3)nc2C1. The van der Waals surface area contributed by atoms with Gasteiger partial charge in [-0.1, -0.05) is 44.2 Å². The van der Waals surface area contributed by atoms with Crippen LogP contribution in [0, 0.1) is 5.41 Å². The van der Waals surface area contributed by atoms with E-state index in [1.165, 1.54) is 0 Å². The number of nitrogens with zero attached hydrogens (tertiary/aromatic N) is 2. The molecule has 1 aliphatic carbocycles. The molecule has 1 aromatic carbocycles. The van der Waals surface area contributed by atoms with Gasteiger partial charge < -0.3 is 0 Å². The Bertz CT molecular complexity index is 632. The van der Waals surface area contributed by atoms with E-state index in [-0.39, 0.29) is 11.2 Å². The Labute approximate surface area is 112 Å². The Morgan fingerprint density at radius 2 is 1.84 bits per heavy atom. The molecule has 2 aromatic rings. The first-order valence-corrected chi connectivity index (χ1v) is 6.50. The van der Waals surface area contributed by atoms with Crippen LogP contribution in [0.4, 0.5) is 0 Å². The highest BCUT2D eigenvalue weighted by molar-refractivity contribution is 5.98. The first kappa shape index (κ1) is 12.0. The van der Waals surface area contributed by atoms with Gasteiger partial charge in [-0.3, -0.25) is 4.79 Å². The van der Waals surface area contributed by atoms with Gasteiger partial charge in [0.15, 0.2) is 11.6 Å². The number of aromatic nitrogens is 2. The van der Waals surface area contributed by atoms with E-state index in [9.17, 15) is 4.79 Å². The van der Waals surface area contributed by atoms with E-state index in [4.69, 9.17) is 0 Å². The Kier molecular flexibility index (Phi) is 2.70. The van der Waals surface area contributed by atoms with Crippen molar-refractivity contribution in [2.24, 2.45) is 5.41 Å². The normalized spacial score (nSPS) is 17.1. The third kappa shape index (κ3) is 2.28. The molecule has 3 heteroatoms. The van der Waals surface area contributed by atoms with Crippen molar-refractivity contribution < 1.29 is 4.79 Å². The van der Waals surface area contributed by atoms with E-state index in [0.717, 1.165) is 17.7 Å². The Morgan fingerprint density at radius 1 is 1.11 bits per heavy atom. The van der Waals surface area contributed by atoms with Crippen LogP contribution in [-0.4, -0.2) is 15.8 Å². The van der Waals surface area contributed by atoms with E-state index >= 15 is 0 Å². The number of ketones is 1. The molecule has 1 heterocycles. The summed E-state index contributed by atoms with van der Waals surface area (Å²) in [5.74, 6) is 0.857. The molecule has 0 N–H and O–H groups in total. The monoisotopic (exact) mass is 252 g/mol. The molecule has 96 valence electrons. The molecule has 3 rings (SSSR count). The summed E-state index contributed by atoms with van der Waals surface area (Å²) in [5, 5.41) is 0. The fraction of sp³-hybridized carbons (Fsp3) is 0.312. The molecular formula is C16H16N2O. The lowest BCUT2D eigenvalue weighted by Crippen LogP contribution is -2.28. The molecule has 3 nitrogen and oxygen atoms in total. The average molecular weight is 252 g/mol. The number of hydrogen-bond donors (Lipinski definition) is 0. The van der Waals surface area contributed by atoms with Crippen molar-refractivity contribution in [1.82, 2.24) is 9.97 Å². The molecule has 0 spiro atoms. The number of carbonyl (C=O) groups is 1. The minimum Gasteiger partial charge on any atom is -0.294 e. The molecule has 1 aromatic heterocycles. The zero-order valence-electron chi connectivity index (χ0n) is 11.2. The molecule has 0 radical (unpaired) electrons. The van der Waals surface area contributed by atoms with Crippen molar-refractivity contribution in [3.05, 3.63) is 47.8 Å². The van der Waals surface area contributed by atoms with Crippen molar-refractivity contribution in [2.75, 3.05) is 0 Å². The van der Waals surface area contributed by atoms with E-state index in [1.54, 1.807) is 6.20 Å². The third-order valence-electron chi connectivity index (χ3n) is 3.49. The lowest BCUT2D eigenvalue weighted by molar-refractivity contribution is 0.0910. The molecule has 0 bridgehead atoms. The minimum atomic E-state index is -0.00755. The van der Waals surface area contributed by atoms with Gasteiger partial charge in [0.2, 0.25) is 0 Å². The lowest BCUT2D eigenvalue weighted by Gasteiger charge is -2.29. The van der Waals surface area contributed by atoms with Crippen LogP contribution >= 0.6 is 0 Å².